The van der Waals surface area contributed by atoms with Crippen molar-refractivity contribution in [3.8, 4) is 0 Å². The number of alkyl halides is 3. The molecule has 0 unspecified atom stereocenters. The van der Waals surface area contributed by atoms with Crippen molar-refractivity contribution >= 4 is 11.6 Å². The molecule has 1 aliphatic heterocycles. The van der Waals surface area contributed by atoms with Crippen molar-refractivity contribution in [1.29, 1.82) is 0 Å². The summed E-state index contributed by atoms with van der Waals surface area (Å²) >= 11 is 0. The summed E-state index contributed by atoms with van der Waals surface area (Å²) in [5.74, 6) is -0.180. The van der Waals surface area contributed by atoms with E-state index in [9.17, 15) is 18.0 Å². The van der Waals surface area contributed by atoms with Gasteiger partial charge in [0.05, 0.1) is 12.1 Å². The smallest absolute Gasteiger partial charge is 0.304 e. The highest BCUT2D eigenvalue weighted by atomic mass is 19.4. The number of hydrogen-bond acceptors (Lipinski definition) is 1. The fourth-order valence-electron chi connectivity index (χ4n) is 2.29. The summed E-state index contributed by atoms with van der Waals surface area (Å²) < 4.78 is 37.5. The van der Waals surface area contributed by atoms with Gasteiger partial charge >= 0.3 is 6.18 Å². The van der Waals surface area contributed by atoms with Crippen molar-refractivity contribution in [2.24, 2.45) is 0 Å². The Hall–Kier alpha value is -2.30. The zero-order chi connectivity index (χ0) is 14.3. The van der Waals surface area contributed by atoms with Crippen LogP contribution in [0.4, 0.5) is 18.9 Å². The fourth-order valence-corrected chi connectivity index (χ4v) is 2.29. The van der Waals surface area contributed by atoms with Crippen LogP contribution in [0.5, 0.6) is 0 Å². The lowest BCUT2D eigenvalue weighted by molar-refractivity contribution is -0.137. The molecule has 0 N–H and O–H groups in total. The van der Waals surface area contributed by atoms with Crippen LogP contribution in [-0.4, -0.2) is 5.91 Å². The first-order chi connectivity index (χ1) is 9.47. The normalized spacial score (nSPS) is 14.6. The van der Waals surface area contributed by atoms with Gasteiger partial charge in [-0.15, -0.1) is 0 Å². The fraction of sp³-hybridized carbons (Fsp3) is 0.133. The van der Waals surface area contributed by atoms with E-state index in [4.69, 9.17) is 0 Å². The van der Waals surface area contributed by atoms with Crippen LogP contribution in [0.1, 0.15) is 21.5 Å². The maximum absolute atomic E-state index is 12.5. The molecule has 20 heavy (non-hydrogen) atoms. The van der Waals surface area contributed by atoms with Gasteiger partial charge in [0.1, 0.15) is 0 Å². The summed E-state index contributed by atoms with van der Waals surface area (Å²) in [7, 11) is 0. The monoisotopic (exact) mass is 277 g/mol. The Morgan fingerprint density at radius 2 is 1.60 bits per heavy atom. The number of benzene rings is 2. The van der Waals surface area contributed by atoms with E-state index < -0.39 is 11.7 Å². The van der Waals surface area contributed by atoms with Gasteiger partial charge in [-0.2, -0.15) is 13.2 Å². The summed E-state index contributed by atoms with van der Waals surface area (Å²) in [6.07, 6.45) is -4.36. The Kier molecular flexibility index (Phi) is 2.78. The van der Waals surface area contributed by atoms with E-state index in [1.54, 1.807) is 12.1 Å². The molecule has 1 amide bonds. The summed E-state index contributed by atoms with van der Waals surface area (Å²) in [5, 5.41) is 0. The molecule has 5 heteroatoms. The van der Waals surface area contributed by atoms with Gasteiger partial charge in [-0.1, -0.05) is 18.2 Å². The highest BCUT2D eigenvalue weighted by Crippen LogP contribution is 2.32. The molecular formula is C15H10F3NO. The van der Waals surface area contributed by atoms with Gasteiger partial charge in [-0.3, -0.25) is 4.79 Å². The molecule has 2 nitrogen and oxygen atoms in total. The molecule has 0 radical (unpaired) electrons. The van der Waals surface area contributed by atoms with Crippen molar-refractivity contribution < 1.29 is 18.0 Å². The largest absolute Gasteiger partial charge is 0.416 e. The topological polar surface area (TPSA) is 20.3 Å². The second-order valence-electron chi connectivity index (χ2n) is 4.59. The number of anilines is 1. The van der Waals surface area contributed by atoms with Crippen molar-refractivity contribution in [2.45, 2.75) is 12.7 Å². The standard InChI is InChI=1S/C15H10F3NO/c16-15(17,18)11-5-7-12(8-6-11)19-9-10-3-1-2-4-13(10)14(19)20/h1-8H,9H2. The Morgan fingerprint density at radius 3 is 2.20 bits per heavy atom. The SMILES string of the molecule is O=C1c2ccccc2CN1c1ccc(C(F)(F)F)cc1. The zero-order valence-electron chi connectivity index (χ0n) is 10.3. The number of nitrogens with zero attached hydrogens (tertiary/aromatic N) is 1. The first-order valence-corrected chi connectivity index (χ1v) is 6.04. The molecule has 2 aromatic rings. The van der Waals surface area contributed by atoms with Crippen LogP contribution in [0, 0.1) is 0 Å². The highest BCUT2D eigenvalue weighted by molar-refractivity contribution is 6.09. The third-order valence-corrected chi connectivity index (χ3v) is 3.33. The predicted molar refractivity (Wildman–Crippen MR) is 68.4 cm³/mol. The zero-order valence-corrected chi connectivity index (χ0v) is 10.3. The molecule has 0 fully saturated rings. The van der Waals surface area contributed by atoms with Crippen LogP contribution < -0.4 is 4.90 Å². The maximum Gasteiger partial charge on any atom is 0.416 e. The van der Waals surface area contributed by atoms with Crippen LogP contribution in [0.25, 0.3) is 0 Å². The molecular weight excluding hydrogens is 267 g/mol. The molecule has 0 aromatic heterocycles. The molecule has 1 heterocycles. The summed E-state index contributed by atoms with van der Waals surface area (Å²) in [6.45, 7) is 0.389. The highest BCUT2D eigenvalue weighted by Gasteiger charge is 2.32. The number of rotatable bonds is 1. The molecule has 0 aliphatic carbocycles. The van der Waals surface area contributed by atoms with Crippen LogP contribution >= 0.6 is 0 Å². The molecule has 0 atom stereocenters. The van der Waals surface area contributed by atoms with Crippen molar-refractivity contribution in [3.05, 3.63) is 65.2 Å². The molecule has 0 spiro atoms. The third-order valence-electron chi connectivity index (χ3n) is 3.33. The van der Waals surface area contributed by atoms with E-state index >= 15 is 0 Å². The minimum Gasteiger partial charge on any atom is -0.304 e. The van der Waals surface area contributed by atoms with Gasteiger partial charge in [-0.05, 0) is 35.9 Å². The second kappa shape index (κ2) is 4.37. The van der Waals surface area contributed by atoms with Crippen molar-refractivity contribution in [2.75, 3.05) is 4.90 Å². The predicted octanol–water partition coefficient (Wildman–Crippen LogP) is 3.87. The van der Waals surface area contributed by atoms with Crippen LogP contribution in [0.3, 0.4) is 0 Å². The minimum absolute atomic E-state index is 0.180. The number of hydrogen-bond donors (Lipinski definition) is 0. The first kappa shape index (κ1) is 12.7. The maximum atomic E-state index is 12.5. The number of carbonyl (C=O) groups excluding carboxylic acids is 1. The summed E-state index contributed by atoms with van der Waals surface area (Å²) in [4.78, 5) is 13.7. The van der Waals surface area contributed by atoms with E-state index in [0.717, 1.165) is 17.7 Å². The minimum atomic E-state index is -4.36. The van der Waals surface area contributed by atoms with Gasteiger partial charge in [0, 0.05) is 11.3 Å². The molecule has 1 aliphatic rings. The number of halogens is 3. The average molecular weight is 277 g/mol. The van der Waals surface area contributed by atoms with Gasteiger partial charge < -0.3 is 4.90 Å². The number of carbonyl (C=O) groups is 1. The van der Waals surface area contributed by atoms with Gasteiger partial charge in [0.15, 0.2) is 0 Å². The molecule has 102 valence electrons. The Labute approximate surface area is 113 Å². The van der Waals surface area contributed by atoms with Crippen molar-refractivity contribution in [3.63, 3.8) is 0 Å². The quantitative estimate of drug-likeness (QED) is 0.775. The summed E-state index contributed by atoms with van der Waals surface area (Å²) in [5.41, 5.74) is 1.24. The van der Waals surface area contributed by atoms with Gasteiger partial charge in [0.2, 0.25) is 0 Å². The second-order valence-corrected chi connectivity index (χ2v) is 4.59. The molecule has 0 saturated carbocycles. The van der Waals surface area contributed by atoms with Crippen molar-refractivity contribution in [1.82, 2.24) is 0 Å². The van der Waals surface area contributed by atoms with E-state index in [1.807, 2.05) is 12.1 Å². The summed E-state index contributed by atoms with van der Waals surface area (Å²) in [6, 6.07) is 11.8. The number of amides is 1. The molecule has 0 bridgehead atoms. The lowest BCUT2D eigenvalue weighted by Gasteiger charge is -2.16. The first-order valence-electron chi connectivity index (χ1n) is 6.04. The lowest BCUT2D eigenvalue weighted by atomic mass is 10.1. The van der Waals surface area contributed by atoms with Crippen LogP contribution in [0.15, 0.2) is 48.5 Å². The van der Waals surface area contributed by atoms with E-state index in [0.29, 0.717) is 17.8 Å². The number of fused-ring (bicyclic) bond motifs is 1. The molecule has 3 rings (SSSR count). The van der Waals surface area contributed by atoms with Gasteiger partial charge in [-0.25, -0.2) is 0 Å². The van der Waals surface area contributed by atoms with Gasteiger partial charge in [0.25, 0.3) is 5.91 Å². The average Bonchev–Trinajstić information content (AvgIpc) is 2.76. The van der Waals surface area contributed by atoms with E-state index in [1.165, 1.54) is 17.0 Å². The Bertz CT molecular complexity index is 662. The third kappa shape index (κ3) is 2.05. The van der Waals surface area contributed by atoms with E-state index in [2.05, 4.69) is 0 Å². The Balaban J connectivity index is 1.91. The molecule has 2 aromatic carbocycles. The lowest BCUT2D eigenvalue weighted by Crippen LogP contribution is -2.23. The molecule has 0 saturated heterocycles. The van der Waals surface area contributed by atoms with Crippen LogP contribution in [0.2, 0.25) is 0 Å². The van der Waals surface area contributed by atoms with Crippen LogP contribution in [-0.2, 0) is 12.7 Å². The Morgan fingerprint density at radius 1 is 0.950 bits per heavy atom. The van der Waals surface area contributed by atoms with E-state index in [-0.39, 0.29) is 5.91 Å².